The number of ether oxygens (including phenoxy) is 1. The van der Waals surface area contributed by atoms with Crippen LogP contribution in [0.5, 0.6) is 0 Å². The summed E-state index contributed by atoms with van der Waals surface area (Å²) in [5.74, 6) is 0. The maximum absolute atomic E-state index is 5.73. The highest BCUT2D eigenvalue weighted by Crippen LogP contribution is 2.10. The Bertz CT molecular complexity index is 191. The van der Waals surface area contributed by atoms with Crippen LogP contribution in [0.3, 0.4) is 0 Å². The molecule has 68 valence electrons. The summed E-state index contributed by atoms with van der Waals surface area (Å²) in [6, 6.07) is 0. The number of hydrogen-bond donors (Lipinski definition) is 0. The van der Waals surface area contributed by atoms with Gasteiger partial charge in [-0.15, -0.1) is 0 Å². The van der Waals surface area contributed by atoms with Crippen LogP contribution in [0.4, 0.5) is 0 Å². The van der Waals surface area contributed by atoms with Gasteiger partial charge < -0.3 is 9.64 Å². The van der Waals surface area contributed by atoms with Crippen LogP contribution in [-0.4, -0.2) is 31.2 Å². The Morgan fingerprint density at radius 3 is 2.58 bits per heavy atom. The molecule has 1 fully saturated rings. The molecule has 12 heavy (non-hydrogen) atoms. The Balaban J connectivity index is 2.45. The summed E-state index contributed by atoms with van der Waals surface area (Å²) in [5, 5.41) is 0.770. The quantitative estimate of drug-likeness (QED) is 0.613. The van der Waals surface area contributed by atoms with Gasteiger partial charge >= 0.3 is 0 Å². The summed E-state index contributed by atoms with van der Waals surface area (Å²) in [7, 11) is 0. The fourth-order valence-electron chi connectivity index (χ4n) is 1.17. The van der Waals surface area contributed by atoms with E-state index in [-0.39, 0.29) is 0 Å². The van der Waals surface area contributed by atoms with Gasteiger partial charge in [-0.3, -0.25) is 0 Å². The van der Waals surface area contributed by atoms with Crippen molar-refractivity contribution in [2.75, 3.05) is 26.3 Å². The van der Waals surface area contributed by atoms with Gasteiger partial charge in [0.1, 0.15) is 0 Å². The lowest BCUT2D eigenvalue weighted by Crippen LogP contribution is -2.34. The second-order valence-corrected chi connectivity index (χ2v) is 3.42. The van der Waals surface area contributed by atoms with E-state index in [9.17, 15) is 0 Å². The van der Waals surface area contributed by atoms with Gasteiger partial charge in [-0.2, -0.15) is 0 Å². The molecule has 0 aromatic carbocycles. The summed E-state index contributed by atoms with van der Waals surface area (Å²) in [5.41, 5.74) is 0.978. The molecule has 0 N–H and O–H groups in total. The minimum atomic E-state index is 0.770. The Hall–Kier alpha value is -0.470. The molecule has 0 amide bonds. The molecule has 0 bridgehead atoms. The number of nitrogens with zero attached hydrogens (tertiary/aromatic N) is 1. The highest BCUT2D eigenvalue weighted by Gasteiger charge is 2.09. The monoisotopic (exact) mass is 187 g/mol. The Kier molecular flexibility index (Phi) is 3.63. The molecule has 1 heterocycles. The van der Waals surface area contributed by atoms with Crippen LogP contribution in [0.1, 0.15) is 6.92 Å². The topological polar surface area (TPSA) is 12.5 Å². The molecule has 0 aromatic rings. The summed E-state index contributed by atoms with van der Waals surface area (Å²) in [6.45, 7) is 9.19. The van der Waals surface area contributed by atoms with Gasteiger partial charge in [0.15, 0.2) is 0 Å². The zero-order chi connectivity index (χ0) is 8.97. The third-order valence-corrected chi connectivity index (χ3v) is 1.89. The van der Waals surface area contributed by atoms with E-state index in [1.165, 1.54) is 0 Å². The summed E-state index contributed by atoms with van der Waals surface area (Å²) in [4.78, 5) is 2.18. The van der Waals surface area contributed by atoms with Crippen molar-refractivity contribution in [3.05, 3.63) is 23.4 Å². The van der Waals surface area contributed by atoms with Crippen LogP contribution in [-0.2, 0) is 4.74 Å². The van der Waals surface area contributed by atoms with Crippen molar-refractivity contribution in [3.8, 4) is 0 Å². The van der Waals surface area contributed by atoms with E-state index in [0.717, 1.165) is 37.0 Å². The maximum Gasteiger partial charge on any atom is 0.0642 e. The smallest absolute Gasteiger partial charge is 0.0642 e. The Morgan fingerprint density at radius 2 is 2.08 bits per heavy atom. The first-order valence-corrected chi connectivity index (χ1v) is 4.43. The fraction of sp³-hybridized carbons (Fsp3) is 0.556. The van der Waals surface area contributed by atoms with Crippen molar-refractivity contribution in [1.29, 1.82) is 0 Å². The van der Waals surface area contributed by atoms with E-state index >= 15 is 0 Å². The first-order valence-electron chi connectivity index (χ1n) is 4.05. The van der Waals surface area contributed by atoms with E-state index < -0.39 is 0 Å². The average Bonchev–Trinajstić information content (AvgIpc) is 2.05. The molecule has 1 saturated heterocycles. The average molecular weight is 188 g/mol. The molecule has 0 atom stereocenters. The molecule has 2 nitrogen and oxygen atoms in total. The molecule has 3 heteroatoms. The van der Waals surface area contributed by atoms with Gasteiger partial charge in [-0.1, -0.05) is 18.2 Å². The van der Waals surface area contributed by atoms with Crippen molar-refractivity contribution in [2.24, 2.45) is 0 Å². The summed E-state index contributed by atoms with van der Waals surface area (Å²) >= 11 is 5.73. The van der Waals surface area contributed by atoms with Gasteiger partial charge in [0.2, 0.25) is 0 Å². The van der Waals surface area contributed by atoms with E-state index in [4.69, 9.17) is 16.3 Å². The lowest BCUT2D eigenvalue weighted by molar-refractivity contribution is 0.0556. The van der Waals surface area contributed by atoms with Crippen LogP contribution in [0.25, 0.3) is 0 Å². The summed E-state index contributed by atoms with van der Waals surface area (Å²) < 4.78 is 5.22. The van der Waals surface area contributed by atoms with E-state index in [0.29, 0.717) is 0 Å². The molecular weight excluding hydrogens is 174 g/mol. The first-order chi connectivity index (χ1) is 5.70. The van der Waals surface area contributed by atoms with Crippen LogP contribution in [0.15, 0.2) is 23.4 Å². The van der Waals surface area contributed by atoms with E-state index in [2.05, 4.69) is 11.5 Å². The van der Waals surface area contributed by atoms with Crippen LogP contribution >= 0.6 is 11.6 Å². The van der Waals surface area contributed by atoms with Gasteiger partial charge in [0, 0.05) is 23.8 Å². The van der Waals surface area contributed by atoms with Crippen molar-refractivity contribution in [3.63, 3.8) is 0 Å². The molecule has 0 aromatic heterocycles. The molecule has 1 rings (SSSR count). The number of allylic oxidation sites excluding steroid dienone is 2. The number of halogens is 1. The largest absolute Gasteiger partial charge is 0.378 e. The number of rotatable bonds is 2. The second-order valence-electron chi connectivity index (χ2n) is 2.82. The van der Waals surface area contributed by atoms with Crippen LogP contribution < -0.4 is 0 Å². The molecular formula is C9H14ClNO. The SMILES string of the molecule is C=C(/C=C(\C)Cl)N1CCOCC1. The molecule has 0 unspecified atom stereocenters. The zero-order valence-electron chi connectivity index (χ0n) is 7.35. The lowest BCUT2D eigenvalue weighted by Gasteiger charge is -2.29. The van der Waals surface area contributed by atoms with Crippen molar-refractivity contribution < 1.29 is 4.74 Å². The van der Waals surface area contributed by atoms with Crippen molar-refractivity contribution in [1.82, 2.24) is 4.90 Å². The maximum atomic E-state index is 5.73. The Labute approximate surface area is 78.5 Å². The molecule has 0 aliphatic carbocycles. The lowest BCUT2D eigenvalue weighted by atomic mass is 10.3. The molecule has 0 spiro atoms. The third kappa shape index (κ3) is 2.88. The van der Waals surface area contributed by atoms with Gasteiger partial charge in [-0.05, 0) is 13.0 Å². The molecule has 1 aliphatic heterocycles. The highest BCUT2D eigenvalue weighted by molar-refractivity contribution is 6.29. The highest BCUT2D eigenvalue weighted by atomic mass is 35.5. The molecule has 0 saturated carbocycles. The Morgan fingerprint density at radius 1 is 1.50 bits per heavy atom. The van der Waals surface area contributed by atoms with Crippen LogP contribution in [0.2, 0.25) is 0 Å². The molecule has 1 aliphatic rings. The van der Waals surface area contributed by atoms with Gasteiger partial charge in [0.05, 0.1) is 13.2 Å². The minimum Gasteiger partial charge on any atom is -0.378 e. The normalized spacial score (nSPS) is 19.5. The van der Waals surface area contributed by atoms with Gasteiger partial charge in [0.25, 0.3) is 0 Å². The molecule has 0 radical (unpaired) electrons. The standard InChI is InChI=1S/C9H14ClNO/c1-8(10)7-9(2)11-3-5-12-6-4-11/h7H,2-6H2,1H3/b8-7+. The zero-order valence-corrected chi connectivity index (χ0v) is 8.10. The number of hydrogen-bond acceptors (Lipinski definition) is 2. The minimum absolute atomic E-state index is 0.770. The fourth-order valence-corrected chi connectivity index (χ4v) is 1.30. The van der Waals surface area contributed by atoms with Gasteiger partial charge in [-0.25, -0.2) is 0 Å². The number of morpholine rings is 1. The van der Waals surface area contributed by atoms with Crippen LogP contribution in [0, 0.1) is 0 Å². The predicted octanol–water partition coefficient (Wildman–Crippen LogP) is 1.97. The summed E-state index contributed by atoms with van der Waals surface area (Å²) in [6.07, 6.45) is 1.88. The third-order valence-electron chi connectivity index (χ3n) is 1.78. The first kappa shape index (κ1) is 9.62. The predicted molar refractivity (Wildman–Crippen MR) is 51.1 cm³/mol. The van der Waals surface area contributed by atoms with Crippen molar-refractivity contribution in [2.45, 2.75) is 6.92 Å². The van der Waals surface area contributed by atoms with E-state index in [1.54, 1.807) is 0 Å². The van der Waals surface area contributed by atoms with Crippen molar-refractivity contribution >= 4 is 11.6 Å². The second kappa shape index (κ2) is 4.53. The van der Waals surface area contributed by atoms with E-state index in [1.807, 2.05) is 13.0 Å².